The number of halogens is 4. The number of hydrogen-bond donors (Lipinski definition) is 0. The Bertz CT molecular complexity index is 1880. The second-order valence-corrected chi connectivity index (χ2v) is 10.4. The van der Waals surface area contributed by atoms with Crippen molar-refractivity contribution in [3.05, 3.63) is 67.9 Å². The van der Waals surface area contributed by atoms with Gasteiger partial charge in [-0.1, -0.05) is 58.5 Å². The van der Waals surface area contributed by atoms with Gasteiger partial charge < -0.3 is 0 Å². The van der Waals surface area contributed by atoms with Crippen LogP contribution < -0.4 is 0 Å². The lowest BCUT2D eigenvalue weighted by Crippen LogP contribution is -1.99. The van der Waals surface area contributed by atoms with E-state index in [2.05, 4.69) is 0 Å². The summed E-state index contributed by atoms with van der Waals surface area (Å²) in [7, 11) is 3.76. The Hall–Kier alpha value is -2.90. The molecule has 0 atom stereocenters. The van der Waals surface area contributed by atoms with E-state index in [0.29, 0.717) is 31.3 Å². The molecule has 36 heavy (non-hydrogen) atoms. The van der Waals surface area contributed by atoms with E-state index in [1.807, 2.05) is 46.1 Å². The first-order valence-corrected chi connectivity index (χ1v) is 12.6. The number of rotatable bonds is 2. The molecule has 0 bridgehead atoms. The average molecular weight is 556 g/mol. The van der Waals surface area contributed by atoms with Crippen LogP contribution in [0, 0.1) is 13.8 Å². The maximum absolute atomic E-state index is 6.50. The molecule has 2 aromatic carbocycles. The smallest absolute Gasteiger partial charge is 0.159 e. The third-order valence-electron chi connectivity index (χ3n) is 6.43. The Morgan fingerprint density at radius 3 is 1.75 bits per heavy atom. The van der Waals surface area contributed by atoms with E-state index in [1.54, 1.807) is 27.6 Å². The van der Waals surface area contributed by atoms with E-state index in [1.165, 1.54) is 0 Å². The topological polar surface area (TPSA) is 61.4 Å². The highest BCUT2D eigenvalue weighted by atomic mass is 35.5. The number of aryl methyl sites for hydroxylation is 4. The maximum Gasteiger partial charge on any atom is 0.159 e. The van der Waals surface area contributed by atoms with Gasteiger partial charge in [-0.15, -0.1) is 0 Å². The molecule has 4 heterocycles. The normalized spacial score (nSPS) is 11.9. The van der Waals surface area contributed by atoms with E-state index in [4.69, 9.17) is 66.6 Å². The molecule has 4 aromatic heterocycles. The summed E-state index contributed by atoms with van der Waals surface area (Å²) in [6.07, 6.45) is 0. The number of nitrogens with zero attached hydrogens (tertiary/aromatic N) is 6. The summed E-state index contributed by atoms with van der Waals surface area (Å²) in [4.78, 5) is 10.2. The van der Waals surface area contributed by atoms with Crippen molar-refractivity contribution in [1.82, 2.24) is 29.5 Å². The van der Waals surface area contributed by atoms with Crippen molar-refractivity contribution in [3.8, 4) is 22.4 Å². The molecule has 0 aliphatic carbocycles. The van der Waals surface area contributed by atoms with Gasteiger partial charge in [0.2, 0.25) is 0 Å². The third kappa shape index (κ3) is 3.40. The molecule has 0 radical (unpaired) electrons. The van der Waals surface area contributed by atoms with Gasteiger partial charge in [0.15, 0.2) is 11.3 Å². The van der Waals surface area contributed by atoms with Gasteiger partial charge in [0.1, 0.15) is 5.52 Å². The van der Waals surface area contributed by atoms with Crippen LogP contribution in [-0.2, 0) is 14.1 Å². The molecule has 0 aliphatic rings. The van der Waals surface area contributed by atoms with E-state index in [0.717, 1.165) is 55.5 Å². The minimum atomic E-state index is 0.438. The molecule has 0 aliphatic heterocycles. The summed E-state index contributed by atoms with van der Waals surface area (Å²) in [5, 5.41) is 14.0. The van der Waals surface area contributed by atoms with Crippen LogP contribution in [0.2, 0.25) is 20.1 Å². The molecule has 0 unspecified atom stereocenters. The molecule has 6 rings (SSSR count). The van der Waals surface area contributed by atoms with Gasteiger partial charge in [-0.25, -0.2) is 9.97 Å². The van der Waals surface area contributed by atoms with E-state index < -0.39 is 0 Å². The molecule has 6 aromatic rings. The standard InChI is InChI=1S/C26H18Cl4N6/c1-11-19-21(13-5-7-15(27)17(29)9-13)22-20-12(2)34-36(4)26(20)31-23(14-6-8-16(28)18(30)10-14)24(22)32-25(19)35(3)33-11/h5-10H,1-4H3. The van der Waals surface area contributed by atoms with Gasteiger partial charge in [-0.2, -0.15) is 10.2 Å². The van der Waals surface area contributed by atoms with Crippen molar-refractivity contribution in [2.24, 2.45) is 14.1 Å². The molecule has 0 fully saturated rings. The van der Waals surface area contributed by atoms with Crippen LogP contribution in [0.4, 0.5) is 0 Å². The van der Waals surface area contributed by atoms with E-state index in [9.17, 15) is 0 Å². The zero-order chi connectivity index (χ0) is 25.5. The molecular weight excluding hydrogens is 538 g/mol. The summed E-state index contributed by atoms with van der Waals surface area (Å²) in [5.41, 5.74) is 7.16. The molecule has 0 saturated carbocycles. The molecular formula is C26H18Cl4N6. The van der Waals surface area contributed by atoms with Crippen LogP contribution in [-0.4, -0.2) is 29.5 Å². The lowest BCUT2D eigenvalue weighted by atomic mass is 9.93. The van der Waals surface area contributed by atoms with Crippen LogP contribution in [0.3, 0.4) is 0 Å². The summed E-state index contributed by atoms with van der Waals surface area (Å²) in [5.74, 6) is 0. The number of hydrogen-bond acceptors (Lipinski definition) is 4. The second kappa shape index (κ2) is 8.32. The first-order chi connectivity index (χ1) is 17.2. The van der Waals surface area contributed by atoms with Crippen molar-refractivity contribution in [2.45, 2.75) is 13.8 Å². The zero-order valence-electron chi connectivity index (χ0n) is 19.7. The Morgan fingerprint density at radius 2 is 1.14 bits per heavy atom. The Labute approximate surface area is 226 Å². The molecule has 180 valence electrons. The summed E-state index contributed by atoms with van der Waals surface area (Å²) < 4.78 is 3.56. The predicted octanol–water partition coefficient (Wildman–Crippen LogP) is 7.97. The lowest BCUT2D eigenvalue weighted by Gasteiger charge is -2.15. The first-order valence-electron chi connectivity index (χ1n) is 11.1. The Kier molecular flexibility index (Phi) is 5.43. The first kappa shape index (κ1) is 23.5. The van der Waals surface area contributed by atoms with Gasteiger partial charge in [0.25, 0.3) is 0 Å². The van der Waals surface area contributed by atoms with Crippen LogP contribution in [0.1, 0.15) is 11.4 Å². The quantitative estimate of drug-likeness (QED) is 0.217. The fourth-order valence-corrected chi connectivity index (χ4v) is 5.49. The van der Waals surface area contributed by atoms with Gasteiger partial charge >= 0.3 is 0 Å². The maximum atomic E-state index is 6.50. The van der Waals surface area contributed by atoms with E-state index >= 15 is 0 Å². The van der Waals surface area contributed by atoms with Crippen LogP contribution in [0.5, 0.6) is 0 Å². The molecule has 6 nitrogen and oxygen atoms in total. The van der Waals surface area contributed by atoms with Gasteiger partial charge in [-0.05, 0) is 43.7 Å². The van der Waals surface area contributed by atoms with Crippen molar-refractivity contribution in [1.29, 1.82) is 0 Å². The summed E-state index contributed by atoms with van der Waals surface area (Å²) in [6, 6.07) is 11.1. The minimum absolute atomic E-state index is 0.438. The fourth-order valence-electron chi connectivity index (χ4n) is 4.90. The number of benzene rings is 2. The highest BCUT2D eigenvalue weighted by Gasteiger charge is 2.25. The highest BCUT2D eigenvalue weighted by Crippen LogP contribution is 2.44. The lowest BCUT2D eigenvalue weighted by molar-refractivity contribution is 0.773. The summed E-state index contributed by atoms with van der Waals surface area (Å²) in [6.45, 7) is 3.95. The minimum Gasteiger partial charge on any atom is -0.250 e. The van der Waals surface area contributed by atoms with Crippen LogP contribution in [0.25, 0.3) is 55.4 Å². The van der Waals surface area contributed by atoms with Crippen molar-refractivity contribution in [2.75, 3.05) is 0 Å². The highest BCUT2D eigenvalue weighted by molar-refractivity contribution is 6.43. The second-order valence-electron chi connectivity index (χ2n) is 8.74. The number of aromatic nitrogens is 6. The van der Waals surface area contributed by atoms with Crippen LogP contribution in [0.15, 0.2) is 36.4 Å². The van der Waals surface area contributed by atoms with Crippen molar-refractivity contribution in [3.63, 3.8) is 0 Å². The average Bonchev–Trinajstić information content (AvgIpc) is 3.29. The summed E-state index contributed by atoms with van der Waals surface area (Å²) >= 11 is 25.4. The number of pyridine rings is 2. The number of fused-ring (bicyclic) bond motifs is 4. The van der Waals surface area contributed by atoms with Crippen LogP contribution >= 0.6 is 46.4 Å². The van der Waals surface area contributed by atoms with E-state index in [-0.39, 0.29) is 0 Å². The monoisotopic (exact) mass is 554 g/mol. The molecule has 0 N–H and O–H groups in total. The fraction of sp³-hybridized carbons (Fsp3) is 0.154. The third-order valence-corrected chi connectivity index (χ3v) is 7.91. The zero-order valence-corrected chi connectivity index (χ0v) is 22.7. The molecule has 10 heteroatoms. The Morgan fingerprint density at radius 1 is 0.611 bits per heavy atom. The van der Waals surface area contributed by atoms with Crippen molar-refractivity contribution >= 4 is 79.4 Å². The van der Waals surface area contributed by atoms with Crippen molar-refractivity contribution < 1.29 is 0 Å². The Balaban J connectivity index is 1.92. The largest absolute Gasteiger partial charge is 0.250 e. The van der Waals surface area contributed by atoms with Gasteiger partial charge in [-0.3, -0.25) is 9.36 Å². The predicted molar refractivity (Wildman–Crippen MR) is 148 cm³/mol. The molecule has 0 spiro atoms. The van der Waals surface area contributed by atoms with Gasteiger partial charge in [0.05, 0.1) is 47.9 Å². The van der Waals surface area contributed by atoms with Gasteiger partial charge in [0, 0.05) is 30.6 Å². The molecule has 0 saturated heterocycles. The SMILES string of the molecule is Cc1nn(C)c2nc3c(-c4ccc(Cl)c(Cl)c4)nc4c(c(C)nn4C)c3c(-c3ccc(Cl)c(Cl)c3)c12. The molecule has 0 amide bonds.